The predicted octanol–water partition coefficient (Wildman–Crippen LogP) is 1.71. The highest BCUT2D eigenvalue weighted by molar-refractivity contribution is 7.99. The highest BCUT2D eigenvalue weighted by Crippen LogP contribution is 2.33. The lowest BCUT2D eigenvalue weighted by Crippen LogP contribution is -2.34. The van der Waals surface area contributed by atoms with Crippen LogP contribution in [0.2, 0.25) is 0 Å². The first-order valence-corrected chi connectivity index (χ1v) is 6.22. The minimum atomic E-state index is -1.14. The highest BCUT2D eigenvalue weighted by Gasteiger charge is 2.30. The standard InChI is InChI=1S/C10H20O2S/c1-7(2)9(10(11)12)8-4-3-5-13-6-8/h7-12H,3-6H2,1-2H3. The Morgan fingerprint density at radius 2 is 2.00 bits per heavy atom. The molecule has 0 aromatic carbocycles. The lowest BCUT2D eigenvalue weighted by atomic mass is 9.81. The molecule has 0 aromatic rings. The Hall–Kier alpha value is 0.270. The van der Waals surface area contributed by atoms with Crippen LogP contribution in [0.5, 0.6) is 0 Å². The molecule has 13 heavy (non-hydrogen) atoms. The van der Waals surface area contributed by atoms with Gasteiger partial charge in [0, 0.05) is 5.92 Å². The highest BCUT2D eigenvalue weighted by atomic mass is 32.2. The number of aliphatic hydroxyl groups is 2. The van der Waals surface area contributed by atoms with E-state index in [1.165, 1.54) is 12.2 Å². The van der Waals surface area contributed by atoms with Gasteiger partial charge in [-0.3, -0.25) is 0 Å². The summed E-state index contributed by atoms with van der Waals surface area (Å²) in [6.07, 6.45) is 1.25. The lowest BCUT2D eigenvalue weighted by Gasteiger charge is -2.33. The Morgan fingerprint density at radius 1 is 1.31 bits per heavy atom. The quantitative estimate of drug-likeness (QED) is 0.688. The largest absolute Gasteiger partial charge is 0.368 e. The molecule has 1 aliphatic heterocycles. The van der Waals surface area contributed by atoms with Gasteiger partial charge >= 0.3 is 0 Å². The summed E-state index contributed by atoms with van der Waals surface area (Å²) < 4.78 is 0. The van der Waals surface area contributed by atoms with Gasteiger partial charge in [-0.25, -0.2) is 0 Å². The maximum Gasteiger partial charge on any atom is 0.154 e. The first kappa shape index (κ1) is 11.3. The fraction of sp³-hybridized carbons (Fsp3) is 1.00. The number of rotatable bonds is 3. The second kappa shape index (κ2) is 5.23. The maximum absolute atomic E-state index is 9.28. The summed E-state index contributed by atoms with van der Waals surface area (Å²) in [5.41, 5.74) is 0. The zero-order valence-corrected chi connectivity index (χ0v) is 9.26. The van der Waals surface area contributed by atoms with Crippen molar-refractivity contribution in [1.82, 2.24) is 0 Å². The van der Waals surface area contributed by atoms with Gasteiger partial charge in [0.25, 0.3) is 0 Å². The van der Waals surface area contributed by atoms with Crippen LogP contribution >= 0.6 is 11.8 Å². The molecular weight excluding hydrogens is 184 g/mol. The molecule has 0 radical (unpaired) electrons. The van der Waals surface area contributed by atoms with Crippen molar-refractivity contribution in [2.24, 2.45) is 17.8 Å². The second-order valence-corrected chi connectivity index (χ2v) is 5.36. The van der Waals surface area contributed by atoms with Crippen molar-refractivity contribution in [2.45, 2.75) is 33.0 Å². The van der Waals surface area contributed by atoms with Crippen LogP contribution in [-0.4, -0.2) is 28.0 Å². The molecule has 0 amide bonds. The third kappa shape index (κ3) is 3.15. The zero-order chi connectivity index (χ0) is 9.84. The van der Waals surface area contributed by atoms with Gasteiger partial charge in [-0.15, -0.1) is 0 Å². The van der Waals surface area contributed by atoms with E-state index >= 15 is 0 Å². The molecule has 0 aromatic heterocycles. The maximum atomic E-state index is 9.28. The number of hydrogen-bond acceptors (Lipinski definition) is 3. The van der Waals surface area contributed by atoms with Gasteiger partial charge in [-0.2, -0.15) is 11.8 Å². The Bertz CT molecular complexity index is 134. The molecule has 0 bridgehead atoms. The van der Waals surface area contributed by atoms with E-state index in [0.29, 0.717) is 11.8 Å². The van der Waals surface area contributed by atoms with Crippen molar-refractivity contribution in [3.8, 4) is 0 Å². The summed E-state index contributed by atoms with van der Waals surface area (Å²) in [7, 11) is 0. The van der Waals surface area contributed by atoms with E-state index < -0.39 is 6.29 Å². The average Bonchev–Trinajstić information content (AvgIpc) is 2.04. The predicted molar refractivity (Wildman–Crippen MR) is 56.6 cm³/mol. The van der Waals surface area contributed by atoms with Gasteiger partial charge in [0.1, 0.15) is 0 Å². The molecule has 1 aliphatic rings. The monoisotopic (exact) mass is 204 g/mol. The van der Waals surface area contributed by atoms with E-state index in [4.69, 9.17) is 0 Å². The average molecular weight is 204 g/mol. The molecule has 1 rings (SSSR count). The van der Waals surface area contributed by atoms with Gasteiger partial charge < -0.3 is 10.2 Å². The molecule has 0 spiro atoms. The van der Waals surface area contributed by atoms with Crippen LogP contribution in [-0.2, 0) is 0 Å². The fourth-order valence-electron chi connectivity index (χ4n) is 2.20. The summed E-state index contributed by atoms with van der Waals surface area (Å²) in [6.45, 7) is 4.15. The van der Waals surface area contributed by atoms with Crippen LogP contribution in [0.15, 0.2) is 0 Å². The van der Waals surface area contributed by atoms with E-state index in [0.717, 1.165) is 12.2 Å². The molecule has 78 valence electrons. The zero-order valence-electron chi connectivity index (χ0n) is 8.44. The first-order valence-electron chi connectivity index (χ1n) is 5.06. The van der Waals surface area contributed by atoms with Crippen molar-refractivity contribution < 1.29 is 10.2 Å². The molecular formula is C10H20O2S. The van der Waals surface area contributed by atoms with Crippen LogP contribution in [0.4, 0.5) is 0 Å². The Labute approximate surface area is 84.7 Å². The van der Waals surface area contributed by atoms with E-state index in [2.05, 4.69) is 13.8 Å². The van der Waals surface area contributed by atoms with E-state index in [9.17, 15) is 10.2 Å². The topological polar surface area (TPSA) is 40.5 Å². The summed E-state index contributed by atoms with van der Waals surface area (Å²) >= 11 is 1.94. The van der Waals surface area contributed by atoms with Crippen LogP contribution in [0, 0.1) is 17.8 Å². The minimum Gasteiger partial charge on any atom is -0.368 e. The summed E-state index contributed by atoms with van der Waals surface area (Å²) in [6, 6.07) is 0. The van der Waals surface area contributed by atoms with Crippen molar-refractivity contribution in [3.63, 3.8) is 0 Å². The smallest absolute Gasteiger partial charge is 0.154 e. The molecule has 3 heteroatoms. The van der Waals surface area contributed by atoms with E-state index in [1.54, 1.807) is 0 Å². The summed E-state index contributed by atoms with van der Waals surface area (Å²) in [5.74, 6) is 3.26. The molecule has 1 fully saturated rings. The normalized spacial score (nSPS) is 26.8. The van der Waals surface area contributed by atoms with Crippen molar-refractivity contribution in [2.75, 3.05) is 11.5 Å². The van der Waals surface area contributed by atoms with Gasteiger partial charge in [0.15, 0.2) is 6.29 Å². The van der Waals surface area contributed by atoms with Gasteiger partial charge in [-0.05, 0) is 36.2 Å². The molecule has 2 atom stereocenters. The van der Waals surface area contributed by atoms with Gasteiger partial charge in [0.2, 0.25) is 0 Å². The lowest BCUT2D eigenvalue weighted by molar-refractivity contribution is -0.113. The summed E-state index contributed by atoms with van der Waals surface area (Å²) in [5, 5.41) is 18.6. The Kier molecular flexibility index (Phi) is 4.56. The van der Waals surface area contributed by atoms with Gasteiger partial charge in [-0.1, -0.05) is 13.8 Å². The van der Waals surface area contributed by atoms with Crippen molar-refractivity contribution in [3.05, 3.63) is 0 Å². The Morgan fingerprint density at radius 3 is 2.38 bits per heavy atom. The second-order valence-electron chi connectivity index (χ2n) is 4.21. The van der Waals surface area contributed by atoms with Gasteiger partial charge in [0.05, 0.1) is 0 Å². The van der Waals surface area contributed by atoms with Crippen LogP contribution in [0.3, 0.4) is 0 Å². The fourth-order valence-corrected chi connectivity index (χ4v) is 3.43. The van der Waals surface area contributed by atoms with Crippen LogP contribution < -0.4 is 0 Å². The number of aliphatic hydroxyl groups excluding tert-OH is 1. The van der Waals surface area contributed by atoms with Crippen molar-refractivity contribution in [1.29, 1.82) is 0 Å². The van der Waals surface area contributed by atoms with Crippen LogP contribution in [0.1, 0.15) is 26.7 Å². The first-order chi connectivity index (χ1) is 6.13. The third-order valence-corrected chi connectivity index (χ3v) is 4.10. The van der Waals surface area contributed by atoms with E-state index in [1.807, 2.05) is 11.8 Å². The summed E-state index contributed by atoms with van der Waals surface area (Å²) in [4.78, 5) is 0. The third-order valence-electron chi connectivity index (χ3n) is 2.85. The minimum absolute atomic E-state index is 0.0628. The molecule has 0 aliphatic carbocycles. The van der Waals surface area contributed by atoms with E-state index in [-0.39, 0.29) is 5.92 Å². The molecule has 1 saturated heterocycles. The molecule has 0 saturated carbocycles. The number of thioether (sulfide) groups is 1. The molecule has 1 heterocycles. The Balaban J connectivity index is 2.52. The molecule has 2 nitrogen and oxygen atoms in total. The van der Waals surface area contributed by atoms with Crippen LogP contribution in [0.25, 0.3) is 0 Å². The molecule has 2 N–H and O–H groups in total. The number of hydrogen-bond donors (Lipinski definition) is 2. The molecule has 2 unspecified atom stereocenters. The van der Waals surface area contributed by atoms with Crippen molar-refractivity contribution >= 4 is 11.8 Å². The SMILES string of the molecule is CC(C)C(C(O)O)C1CCCSC1.